The van der Waals surface area contributed by atoms with E-state index < -0.39 is 40.5 Å². The van der Waals surface area contributed by atoms with Crippen LogP contribution in [0.25, 0.3) is 0 Å². The third-order valence-electron chi connectivity index (χ3n) is 3.82. The molecule has 2 fully saturated rings. The lowest BCUT2D eigenvalue weighted by molar-refractivity contribution is -0.222. The first-order valence-corrected chi connectivity index (χ1v) is 8.74. The van der Waals surface area contributed by atoms with Gasteiger partial charge < -0.3 is 19.3 Å². The standard InChI is InChI=1S/C15H20O7S/c1-9-4-6-10(7-5-9)23(17,18)19-8-11-12-13(14(16)20-11)22-15(2,3)21-12/h4-7,11-14,16H,8H2,1-3H3/t11-,12?,13?,14+/m1/s1. The molecule has 2 aliphatic rings. The van der Waals surface area contributed by atoms with Crippen LogP contribution in [0.4, 0.5) is 0 Å². The molecule has 2 unspecified atom stereocenters. The monoisotopic (exact) mass is 344 g/mol. The van der Waals surface area contributed by atoms with Gasteiger partial charge in [-0.3, -0.25) is 4.18 Å². The van der Waals surface area contributed by atoms with E-state index in [-0.39, 0.29) is 11.5 Å². The fraction of sp³-hybridized carbons (Fsp3) is 0.600. The van der Waals surface area contributed by atoms with E-state index >= 15 is 0 Å². The van der Waals surface area contributed by atoms with Crippen LogP contribution in [-0.2, 0) is 28.5 Å². The lowest BCUT2D eigenvalue weighted by Crippen LogP contribution is -2.33. The Bertz CT molecular complexity index is 668. The Balaban J connectivity index is 1.67. The Labute approximate surface area is 135 Å². The summed E-state index contributed by atoms with van der Waals surface area (Å²) in [5.74, 6) is -0.853. The highest BCUT2D eigenvalue weighted by Crippen LogP contribution is 2.38. The molecule has 0 radical (unpaired) electrons. The predicted molar refractivity (Wildman–Crippen MR) is 79.0 cm³/mol. The number of hydrogen-bond donors (Lipinski definition) is 1. The maximum atomic E-state index is 12.2. The molecule has 1 aromatic rings. The van der Waals surface area contributed by atoms with Gasteiger partial charge in [0.15, 0.2) is 12.1 Å². The average molecular weight is 344 g/mol. The zero-order valence-corrected chi connectivity index (χ0v) is 13.9. The zero-order chi connectivity index (χ0) is 16.8. The van der Waals surface area contributed by atoms with Crippen molar-refractivity contribution >= 4 is 10.1 Å². The molecular weight excluding hydrogens is 324 g/mol. The van der Waals surface area contributed by atoms with E-state index in [1.807, 2.05) is 6.92 Å². The summed E-state index contributed by atoms with van der Waals surface area (Å²) in [6, 6.07) is 6.35. The van der Waals surface area contributed by atoms with Crippen molar-refractivity contribution in [2.45, 2.75) is 56.1 Å². The highest BCUT2D eigenvalue weighted by atomic mass is 32.2. The molecule has 1 aromatic carbocycles. The Morgan fingerprint density at radius 2 is 1.78 bits per heavy atom. The number of benzene rings is 1. The van der Waals surface area contributed by atoms with E-state index in [4.69, 9.17) is 18.4 Å². The highest BCUT2D eigenvalue weighted by Gasteiger charge is 2.55. The number of ether oxygens (including phenoxy) is 3. The summed E-state index contributed by atoms with van der Waals surface area (Å²) in [5.41, 5.74) is 0.952. The molecule has 23 heavy (non-hydrogen) atoms. The van der Waals surface area contributed by atoms with Crippen molar-refractivity contribution in [2.75, 3.05) is 6.61 Å². The Kier molecular flexibility index (Phi) is 4.24. The number of fused-ring (bicyclic) bond motifs is 1. The van der Waals surface area contributed by atoms with Crippen molar-refractivity contribution in [3.63, 3.8) is 0 Å². The Morgan fingerprint density at radius 1 is 1.17 bits per heavy atom. The van der Waals surface area contributed by atoms with Crippen LogP contribution < -0.4 is 0 Å². The van der Waals surface area contributed by atoms with Crippen LogP contribution in [0.15, 0.2) is 29.2 Å². The van der Waals surface area contributed by atoms with E-state index in [1.165, 1.54) is 12.1 Å². The van der Waals surface area contributed by atoms with Gasteiger partial charge in [-0.25, -0.2) is 0 Å². The largest absolute Gasteiger partial charge is 0.366 e. The molecule has 1 N–H and O–H groups in total. The van der Waals surface area contributed by atoms with Crippen molar-refractivity contribution < 1.29 is 31.9 Å². The summed E-state index contributed by atoms with van der Waals surface area (Å²) >= 11 is 0. The van der Waals surface area contributed by atoms with E-state index in [9.17, 15) is 13.5 Å². The molecule has 0 spiro atoms. The van der Waals surface area contributed by atoms with Gasteiger partial charge in [-0.2, -0.15) is 8.42 Å². The normalized spacial score (nSPS) is 32.9. The van der Waals surface area contributed by atoms with Gasteiger partial charge in [-0.05, 0) is 32.9 Å². The van der Waals surface area contributed by atoms with Gasteiger partial charge in [0, 0.05) is 0 Å². The molecule has 8 heteroatoms. The molecule has 2 aliphatic heterocycles. The van der Waals surface area contributed by atoms with Crippen LogP contribution in [0.1, 0.15) is 19.4 Å². The molecular formula is C15H20O7S. The van der Waals surface area contributed by atoms with Crippen LogP contribution >= 0.6 is 0 Å². The number of hydrogen-bond acceptors (Lipinski definition) is 7. The van der Waals surface area contributed by atoms with Crippen molar-refractivity contribution in [1.82, 2.24) is 0 Å². The van der Waals surface area contributed by atoms with Gasteiger partial charge in [0.25, 0.3) is 10.1 Å². The average Bonchev–Trinajstić information content (AvgIpc) is 2.92. The molecule has 7 nitrogen and oxygen atoms in total. The summed E-state index contributed by atoms with van der Waals surface area (Å²) in [6.45, 7) is 5.05. The summed E-state index contributed by atoms with van der Waals surface area (Å²) in [6.07, 6.45) is -3.12. The minimum absolute atomic E-state index is 0.0714. The third-order valence-corrected chi connectivity index (χ3v) is 5.12. The minimum Gasteiger partial charge on any atom is -0.366 e. The van der Waals surface area contributed by atoms with E-state index in [0.717, 1.165) is 5.56 Å². The second-order valence-corrected chi connectivity index (χ2v) is 7.80. The quantitative estimate of drug-likeness (QED) is 0.813. The molecule has 2 heterocycles. The maximum absolute atomic E-state index is 12.2. The second kappa shape index (κ2) is 5.80. The topological polar surface area (TPSA) is 91.3 Å². The lowest BCUT2D eigenvalue weighted by atomic mass is 10.1. The molecule has 2 saturated heterocycles. The van der Waals surface area contributed by atoms with Gasteiger partial charge in [0.1, 0.15) is 18.3 Å². The fourth-order valence-electron chi connectivity index (χ4n) is 2.72. The molecule has 0 amide bonds. The first kappa shape index (κ1) is 16.8. The maximum Gasteiger partial charge on any atom is 0.297 e. The summed E-state index contributed by atoms with van der Waals surface area (Å²) < 4.78 is 45.9. The summed E-state index contributed by atoms with van der Waals surface area (Å²) in [7, 11) is -3.90. The van der Waals surface area contributed by atoms with Crippen molar-refractivity contribution in [3.05, 3.63) is 29.8 Å². The van der Waals surface area contributed by atoms with Crippen LogP contribution in [0, 0.1) is 6.92 Å². The van der Waals surface area contributed by atoms with Crippen LogP contribution in [0.5, 0.6) is 0 Å². The van der Waals surface area contributed by atoms with E-state index in [2.05, 4.69) is 0 Å². The molecule has 3 rings (SSSR count). The van der Waals surface area contributed by atoms with Crippen LogP contribution in [0.2, 0.25) is 0 Å². The molecule has 0 bridgehead atoms. The molecule has 128 valence electrons. The molecule has 0 aliphatic carbocycles. The number of aliphatic hydroxyl groups excluding tert-OH is 1. The smallest absolute Gasteiger partial charge is 0.297 e. The van der Waals surface area contributed by atoms with Gasteiger partial charge in [-0.1, -0.05) is 17.7 Å². The summed E-state index contributed by atoms with van der Waals surface area (Å²) in [5, 5.41) is 9.85. The van der Waals surface area contributed by atoms with Gasteiger partial charge in [0.2, 0.25) is 0 Å². The predicted octanol–water partition coefficient (Wildman–Crippen LogP) is 0.938. The zero-order valence-electron chi connectivity index (χ0n) is 13.1. The third kappa shape index (κ3) is 3.42. The highest BCUT2D eigenvalue weighted by molar-refractivity contribution is 7.86. The van der Waals surface area contributed by atoms with Crippen molar-refractivity contribution in [2.24, 2.45) is 0 Å². The SMILES string of the molecule is Cc1ccc(S(=O)(=O)OC[C@H]2O[C@H](O)C3OC(C)(C)OC32)cc1. The van der Waals surface area contributed by atoms with E-state index in [0.29, 0.717) is 0 Å². The van der Waals surface area contributed by atoms with Gasteiger partial charge >= 0.3 is 0 Å². The molecule has 0 saturated carbocycles. The minimum atomic E-state index is -3.90. The Hall–Kier alpha value is -1.03. The second-order valence-electron chi connectivity index (χ2n) is 6.18. The summed E-state index contributed by atoms with van der Waals surface area (Å²) in [4.78, 5) is 0.0714. The van der Waals surface area contributed by atoms with Crippen LogP contribution in [0.3, 0.4) is 0 Å². The first-order valence-electron chi connectivity index (χ1n) is 7.33. The Morgan fingerprint density at radius 3 is 2.43 bits per heavy atom. The number of aryl methyl sites for hydroxylation is 1. The first-order chi connectivity index (χ1) is 10.7. The van der Waals surface area contributed by atoms with Gasteiger partial charge in [0.05, 0.1) is 11.5 Å². The number of aliphatic hydroxyl groups is 1. The molecule has 0 aromatic heterocycles. The lowest BCUT2D eigenvalue weighted by Gasteiger charge is -2.22. The van der Waals surface area contributed by atoms with Crippen molar-refractivity contribution in [1.29, 1.82) is 0 Å². The van der Waals surface area contributed by atoms with Crippen molar-refractivity contribution in [3.8, 4) is 0 Å². The van der Waals surface area contributed by atoms with E-state index in [1.54, 1.807) is 26.0 Å². The fourth-order valence-corrected chi connectivity index (χ4v) is 3.64. The number of rotatable bonds is 4. The van der Waals surface area contributed by atoms with Crippen LogP contribution in [-0.4, -0.2) is 50.5 Å². The molecule has 4 atom stereocenters. The van der Waals surface area contributed by atoms with Gasteiger partial charge in [-0.15, -0.1) is 0 Å².